The van der Waals surface area contributed by atoms with Crippen molar-refractivity contribution in [2.24, 2.45) is 7.05 Å². The van der Waals surface area contributed by atoms with Gasteiger partial charge < -0.3 is 9.30 Å². The zero-order valence-corrected chi connectivity index (χ0v) is 15.2. The number of rotatable bonds is 6. The molecule has 0 N–H and O–H groups in total. The van der Waals surface area contributed by atoms with Crippen LogP contribution in [0.15, 0.2) is 31.0 Å². The van der Waals surface area contributed by atoms with Gasteiger partial charge in [-0.2, -0.15) is 5.10 Å². The highest BCUT2D eigenvalue weighted by atomic mass is 28.3. The summed E-state index contributed by atoms with van der Waals surface area (Å²) in [7, 11) is 0.849. The Morgan fingerprint density at radius 2 is 2.04 bits per heavy atom. The van der Waals surface area contributed by atoms with Gasteiger partial charge in [0.25, 0.3) is 0 Å². The molecule has 0 atom stereocenters. The van der Waals surface area contributed by atoms with Gasteiger partial charge in [0, 0.05) is 45.1 Å². The van der Waals surface area contributed by atoms with Gasteiger partial charge in [0.1, 0.15) is 18.7 Å². The lowest BCUT2D eigenvalue weighted by atomic mass is 10.2. The Morgan fingerprint density at radius 1 is 1.22 bits per heavy atom. The molecule has 0 aliphatic heterocycles. The fraction of sp³-hybridized carbons (Fsp3) is 0.438. The summed E-state index contributed by atoms with van der Waals surface area (Å²) in [5.74, 6) is 0. The second-order valence-electron chi connectivity index (χ2n) is 7.00. The van der Waals surface area contributed by atoms with Crippen LogP contribution in [-0.2, 0) is 18.5 Å². The first-order valence-corrected chi connectivity index (χ1v) is 11.5. The topological polar surface area (TPSA) is 57.8 Å². The van der Waals surface area contributed by atoms with Crippen LogP contribution in [0.2, 0.25) is 25.7 Å². The molecule has 0 aliphatic rings. The summed E-state index contributed by atoms with van der Waals surface area (Å²) in [6.07, 6.45) is 7.39. The van der Waals surface area contributed by atoms with Gasteiger partial charge in [0.15, 0.2) is 0 Å². The number of hydrogen-bond donors (Lipinski definition) is 0. The predicted octanol–water partition coefficient (Wildman–Crippen LogP) is 3.14. The van der Waals surface area contributed by atoms with E-state index in [1.165, 1.54) is 6.04 Å². The number of fused-ring (bicyclic) bond motifs is 1. The maximum atomic E-state index is 5.83. The molecule has 3 aromatic rings. The Kier molecular flexibility index (Phi) is 4.32. The van der Waals surface area contributed by atoms with Crippen LogP contribution in [-0.4, -0.2) is 39.0 Å². The average Bonchev–Trinajstić information content (AvgIpc) is 3.09. The van der Waals surface area contributed by atoms with E-state index in [1.54, 1.807) is 11.0 Å². The second kappa shape index (κ2) is 6.25. The third-order valence-electron chi connectivity index (χ3n) is 3.76. The Balaban J connectivity index is 1.79. The van der Waals surface area contributed by atoms with Crippen molar-refractivity contribution in [2.45, 2.75) is 32.4 Å². The lowest BCUT2D eigenvalue weighted by Crippen LogP contribution is -2.22. The van der Waals surface area contributed by atoms with E-state index in [0.717, 1.165) is 28.9 Å². The van der Waals surface area contributed by atoms with Crippen LogP contribution < -0.4 is 0 Å². The van der Waals surface area contributed by atoms with Crippen LogP contribution in [0.25, 0.3) is 22.3 Å². The van der Waals surface area contributed by atoms with Crippen LogP contribution in [0.3, 0.4) is 0 Å². The van der Waals surface area contributed by atoms with Gasteiger partial charge >= 0.3 is 0 Å². The van der Waals surface area contributed by atoms with Crippen molar-refractivity contribution in [3.8, 4) is 11.3 Å². The highest BCUT2D eigenvalue weighted by molar-refractivity contribution is 6.76. The number of hydrogen-bond acceptors (Lipinski definition) is 4. The van der Waals surface area contributed by atoms with Crippen molar-refractivity contribution in [1.82, 2.24) is 24.3 Å². The molecule has 0 fully saturated rings. The van der Waals surface area contributed by atoms with E-state index in [-0.39, 0.29) is 0 Å². The van der Waals surface area contributed by atoms with Crippen molar-refractivity contribution < 1.29 is 4.74 Å². The maximum Gasteiger partial charge on any atom is 0.145 e. The molecule has 0 aromatic carbocycles. The van der Waals surface area contributed by atoms with Gasteiger partial charge in [0.05, 0.1) is 11.9 Å². The third kappa shape index (κ3) is 3.68. The summed E-state index contributed by atoms with van der Waals surface area (Å²) >= 11 is 0. The van der Waals surface area contributed by atoms with E-state index in [9.17, 15) is 0 Å². The summed E-state index contributed by atoms with van der Waals surface area (Å²) in [5.41, 5.74) is 2.80. The maximum absolute atomic E-state index is 5.83. The van der Waals surface area contributed by atoms with Gasteiger partial charge in [-0.15, -0.1) is 0 Å². The zero-order valence-electron chi connectivity index (χ0n) is 14.2. The second-order valence-corrected chi connectivity index (χ2v) is 12.6. The molecule has 0 saturated carbocycles. The standard InChI is InChI=1S/C16H23N5OSi/c1-20-10-13(9-19-20)15-14-5-6-21(16(14)18-11-17-15)12-22-7-8-23(2,3)4/h5-6,9-11H,7-8,12H2,1-4H3. The monoisotopic (exact) mass is 329 g/mol. The molecule has 6 nitrogen and oxygen atoms in total. The first kappa shape index (κ1) is 15.9. The van der Waals surface area contributed by atoms with E-state index < -0.39 is 8.07 Å². The van der Waals surface area contributed by atoms with Crippen LogP contribution in [0, 0.1) is 0 Å². The lowest BCUT2D eigenvalue weighted by molar-refractivity contribution is 0.0899. The number of aromatic nitrogens is 5. The summed E-state index contributed by atoms with van der Waals surface area (Å²) in [4.78, 5) is 8.83. The van der Waals surface area contributed by atoms with Crippen LogP contribution in [0.5, 0.6) is 0 Å². The van der Waals surface area contributed by atoms with Crippen molar-refractivity contribution in [3.05, 3.63) is 31.0 Å². The smallest absolute Gasteiger partial charge is 0.145 e. The zero-order chi connectivity index (χ0) is 16.4. The van der Waals surface area contributed by atoms with Gasteiger partial charge in [-0.05, 0) is 12.1 Å². The van der Waals surface area contributed by atoms with E-state index in [1.807, 2.05) is 36.3 Å². The molecular weight excluding hydrogens is 306 g/mol. The molecule has 0 aliphatic carbocycles. The summed E-state index contributed by atoms with van der Waals surface area (Å²) < 4.78 is 9.64. The first-order valence-electron chi connectivity index (χ1n) is 7.81. The highest BCUT2D eigenvalue weighted by Gasteiger charge is 2.13. The molecule has 7 heteroatoms. The largest absolute Gasteiger partial charge is 0.361 e. The Morgan fingerprint density at radius 3 is 2.74 bits per heavy atom. The minimum atomic E-state index is -1.05. The Labute approximate surface area is 137 Å². The predicted molar refractivity (Wildman–Crippen MR) is 93.8 cm³/mol. The number of nitrogens with zero attached hydrogens (tertiary/aromatic N) is 5. The van der Waals surface area contributed by atoms with Gasteiger partial charge in [-0.3, -0.25) is 4.68 Å². The van der Waals surface area contributed by atoms with Crippen LogP contribution in [0.1, 0.15) is 0 Å². The SMILES string of the molecule is Cn1cc(-c2ncnc3c2ccn3COCC[Si](C)(C)C)cn1. The fourth-order valence-electron chi connectivity index (χ4n) is 2.42. The van der Waals surface area contributed by atoms with E-state index in [4.69, 9.17) is 4.74 Å². The Hall–Kier alpha value is -1.99. The van der Waals surface area contributed by atoms with Crippen molar-refractivity contribution in [2.75, 3.05) is 6.61 Å². The number of aryl methyl sites for hydroxylation is 1. The van der Waals surface area contributed by atoms with Crippen LogP contribution in [0.4, 0.5) is 0 Å². The first-order chi connectivity index (χ1) is 10.9. The number of ether oxygens (including phenoxy) is 1. The van der Waals surface area contributed by atoms with E-state index in [2.05, 4.69) is 34.7 Å². The van der Waals surface area contributed by atoms with Gasteiger partial charge in [-0.25, -0.2) is 9.97 Å². The molecule has 0 unspecified atom stereocenters. The normalized spacial score (nSPS) is 12.2. The van der Waals surface area contributed by atoms with Crippen molar-refractivity contribution >= 4 is 19.1 Å². The summed E-state index contributed by atoms with van der Waals surface area (Å²) in [5, 5.41) is 5.24. The summed E-state index contributed by atoms with van der Waals surface area (Å²) in [6, 6.07) is 3.21. The minimum Gasteiger partial charge on any atom is -0.361 e. The van der Waals surface area contributed by atoms with Crippen molar-refractivity contribution in [3.63, 3.8) is 0 Å². The molecule has 23 heavy (non-hydrogen) atoms. The molecule has 0 radical (unpaired) electrons. The molecule has 3 rings (SSSR count). The average molecular weight is 329 g/mol. The highest BCUT2D eigenvalue weighted by Crippen LogP contribution is 2.25. The minimum absolute atomic E-state index is 0.525. The molecule has 3 aromatic heterocycles. The Bertz CT molecular complexity index is 802. The van der Waals surface area contributed by atoms with Gasteiger partial charge in [-0.1, -0.05) is 19.6 Å². The molecule has 0 spiro atoms. The van der Waals surface area contributed by atoms with Gasteiger partial charge in [0.2, 0.25) is 0 Å². The molecule has 3 heterocycles. The molecule has 0 saturated heterocycles. The van der Waals surface area contributed by atoms with Crippen LogP contribution >= 0.6 is 0 Å². The molecule has 0 bridgehead atoms. The lowest BCUT2D eigenvalue weighted by Gasteiger charge is -2.15. The molecule has 0 amide bonds. The third-order valence-corrected chi connectivity index (χ3v) is 5.47. The molecular formula is C16H23N5OSi. The quantitative estimate of drug-likeness (QED) is 0.515. The summed E-state index contributed by atoms with van der Waals surface area (Å²) in [6.45, 7) is 8.39. The van der Waals surface area contributed by atoms with E-state index in [0.29, 0.717) is 6.73 Å². The van der Waals surface area contributed by atoms with Crippen molar-refractivity contribution in [1.29, 1.82) is 0 Å². The molecule has 122 valence electrons. The van der Waals surface area contributed by atoms with E-state index >= 15 is 0 Å². The fourth-order valence-corrected chi connectivity index (χ4v) is 3.18.